The van der Waals surface area contributed by atoms with Crippen molar-refractivity contribution in [2.24, 2.45) is 0 Å². The van der Waals surface area contributed by atoms with Gasteiger partial charge in [0.1, 0.15) is 0 Å². The molecule has 2 aromatic rings. The summed E-state index contributed by atoms with van der Waals surface area (Å²) in [5, 5.41) is 3.25. The highest BCUT2D eigenvalue weighted by Gasteiger charge is 2.33. The molecule has 1 aromatic heterocycles. The molecule has 0 saturated heterocycles. The normalized spacial score (nSPS) is 14.6. The van der Waals surface area contributed by atoms with Crippen molar-refractivity contribution in [2.45, 2.75) is 19.0 Å². The van der Waals surface area contributed by atoms with Gasteiger partial charge in [0.25, 0.3) is 0 Å². The highest BCUT2D eigenvalue weighted by atomic mass is 19.4. The lowest BCUT2D eigenvalue weighted by Crippen LogP contribution is -2.12. The minimum Gasteiger partial charge on any atom is -0.385 e. The molecule has 3 rings (SSSR count). The number of hydrogen-bond donors (Lipinski definition) is 1. The Morgan fingerprint density at radius 3 is 2.80 bits per heavy atom. The van der Waals surface area contributed by atoms with Gasteiger partial charge in [-0.25, -0.2) is 0 Å². The second-order valence-electron chi connectivity index (χ2n) is 4.82. The number of rotatable bonds is 1. The standard InChI is InChI=1S/C15H13F3N2/c16-15(17,18)13-5-7-19-9-12(13)10-3-4-14-11(8-10)2-1-6-20-14/h3-5,7-9,20H,1-2,6H2. The topological polar surface area (TPSA) is 24.9 Å². The van der Waals surface area contributed by atoms with Crippen LogP contribution in [0.15, 0.2) is 36.7 Å². The molecule has 0 spiro atoms. The molecule has 2 heterocycles. The minimum atomic E-state index is -4.37. The first-order valence-electron chi connectivity index (χ1n) is 6.44. The molecule has 20 heavy (non-hydrogen) atoms. The SMILES string of the molecule is FC(F)(F)c1ccncc1-c1ccc2c(c1)CCCN2. The van der Waals surface area contributed by atoms with E-state index in [2.05, 4.69) is 10.3 Å². The molecule has 0 atom stereocenters. The number of nitrogens with zero attached hydrogens (tertiary/aromatic N) is 1. The lowest BCUT2D eigenvalue weighted by molar-refractivity contribution is -0.137. The lowest BCUT2D eigenvalue weighted by atomic mass is 9.95. The second kappa shape index (κ2) is 4.81. The summed E-state index contributed by atoms with van der Waals surface area (Å²) < 4.78 is 39.1. The first-order chi connectivity index (χ1) is 9.55. The van der Waals surface area contributed by atoms with Crippen LogP contribution in [0.4, 0.5) is 18.9 Å². The van der Waals surface area contributed by atoms with Crippen molar-refractivity contribution in [1.82, 2.24) is 4.98 Å². The Hall–Kier alpha value is -2.04. The molecule has 2 nitrogen and oxygen atoms in total. The van der Waals surface area contributed by atoms with Gasteiger partial charge < -0.3 is 5.32 Å². The van der Waals surface area contributed by atoms with E-state index in [1.54, 1.807) is 6.07 Å². The average molecular weight is 278 g/mol. The molecule has 0 saturated carbocycles. The van der Waals surface area contributed by atoms with E-state index >= 15 is 0 Å². The lowest BCUT2D eigenvalue weighted by Gasteiger charge is -2.19. The van der Waals surface area contributed by atoms with E-state index in [1.807, 2.05) is 12.1 Å². The molecule has 5 heteroatoms. The van der Waals surface area contributed by atoms with Gasteiger partial charge in [-0.15, -0.1) is 0 Å². The summed E-state index contributed by atoms with van der Waals surface area (Å²) >= 11 is 0. The predicted octanol–water partition coefficient (Wildman–Crippen LogP) is 4.13. The zero-order chi connectivity index (χ0) is 14.2. The summed E-state index contributed by atoms with van der Waals surface area (Å²) in [6.07, 6.45) is -0.0348. The van der Waals surface area contributed by atoms with Crippen LogP contribution in [0.5, 0.6) is 0 Å². The van der Waals surface area contributed by atoms with Crippen molar-refractivity contribution < 1.29 is 13.2 Å². The number of nitrogens with one attached hydrogen (secondary N) is 1. The van der Waals surface area contributed by atoms with Crippen LogP contribution in [0, 0.1) is 0 Å². The van der Waals surface area contributed by atoms with E-state index in [0.29, 0.717) is 5.56 Å². The molecule has 0 radical (unpaired) electrons. The third-order valence-corrected chi connectivity index (χ3v) is 3.48. The van der Waals surface area contributed by atoms with Crippen molar-refractivity contribution in [3.8, 4) is 11.1 Å². The monoisotopic (exact) mass is 278 g/mol. The van der Waals surface area contributed by atoms with E-state index in [0.717, 1.165) is 36.7 Å². The summed E-state index contributed by atoms with van der Waals surface area (Å²) in [5.41, 5.74) is 2.13. The predicted molar refractivity (Wildman–Crippen MR) is 71.5 cm³/mol. The number of pyridine rings is 1. The number of benzene rings is 1. The largest absolute Gasteiger partial charge is 0.417 e. The average Bonchev–Trinajstić information content (AvgIpc) is 2.46. The van der Waals surface area contributed by atoms with Crippen LogP contribution in [0.1, 0.15) is 17.5 Å². The fourth-order valence-corrected chi connectivity index (χ4v) is 2.51. The summed E-state index contributed by atoms with van der Waals surface area (Å²) in [6, 6.07) is 6.40. The first-order valence-corrected chi connectivity index (χ1v) is 6.44. The van der Waals surface area contributed by atoms with Gasteiger partial charge in [0.2, 0.25) is 0 Å². The number of alkyl halides is 3. The summed E-state index contributed by atoms with van der Waals surface area (Å²) in [4.78, 5) is 3.83. The Morgan fingerprint density at radius 1 is 1.15 bits per heavy atom. The van der Waals surface area contributed by atoms with Gasteiger partial charge in [-0.2, -0.15) is 13.2 Å². The fourth-order valence-electron chi connectivity index (χ4n) is 2.51. The zero-order valence-electron chi connectivity index (χ0n) is 10.7. The van der Waals surface area contributed by atoms with Gasteiger partial charge >= 0.3 is 6.18 Å². The van der Waals surface area contributed by atoms with E-state index in [4.69, 9.17) is 0 Å². The van der Waals surface area contributed by atoms with E-state index in [1.165, 1.54) is 12.4 Å². The molecule has 1 N–H and O–H groups in total. The van der Waals surface area contributed by atoms with Crippen molar-refractivity contribution >= 4 is 5.69 Å². The number of hydrogen-bond acceptors (Lipinski definition) is 2. The van der Waals surface area contributed by atoms with Gasteiger partial charge in [-0.05, 0) is 42.2 Å². The summed E-state index contributed by atoms with van der Waals surface area (Å²) in [7, 11) is 0. The molecule has 0 bridgehead atoms. The van der Waals surface area contributed by atoms with Gasteiger partial charge in [-0.1, -0.05) is 6.07 Å². The number of halogens is 3. The van der Waals surface area contributed by atoms with Gasteiger partial charge in [0.05, 0.1) is 5.56 Å². The number of fused-ring (bicyclic) bond motifs is 1. The quantitative estimate of drug-likeness (QED) is 0.848. The maximum atomic E-state index is 13.0. The van der Waals surface area contributed by atoms with Crippen molar-refractivity contribution in [2.75, 3.05) is 11.9 Å². The van der Waals surface area contributed by atoms with Crippen molar-refractivity contribution in [1.29, 1.82) is 0 Å². The van der Waals surface area contributed by atoms with Gasteiger partial charge in [0.15, 0.2) is 0 Å². The maximum Gasteiger partial charge on any atom is 0.417 e. The number of aromatic nitrogens is 1. The molecular weight excluding hydrogens is 265 g/mol. The molecular formula is C15H13F3N2. The number of aryl methyl sites for hydroxylation is 1. The molecule has 0 unspecified atom stereocenters. The molecule has 1 aliphatic heterocycles. The van der Waals surface area contributed by atoms with Crippen LogP contribution in [0.3, 0.4) is 0 Å². The van der Waals surface area contributed by atoms with E-state index < -0.39 is 11.7 Å². The van der Waals surface area contributed by atoms with Crippen LogP contribution in [0.25, 0.3) is 11.1 Å². The highest BCUT2D eigenvalue weighted by Crippen LogP contribution is 2.37. The van der Waals surface area contributed by atoms with Crippen LogP contribution in [-0.2, 0) is 12.6 Å². The Bertz CT molecular complexity index is 635. The Kier molecular flexibility index (Phi) is 3.12. The molecule has 1 aromatic carbocycles. The summed E-state index contributed by atoms with van der Waals surface area (Å²) in [5.74, 6) is 0. The van der Waals surface area contributed by atoms with Crippen LogP contribution in [-0.4, -0.2) is 11.5 Å². The van der Waals surface area contributed by atoms with Crippen molar-refractivity contribution in [3.05, 3.63) is 47.8 Å². The first kappa shape index (κ1) is 13.0. The third-order valence-electron chi connectivity index (χ3n) is 3.48. The van der Waals surface area contributed by atoms with Crippen molar-refractivity contribution in [3.63, 3.8) is 0 Å². The highest BCUT2D eigenvalue weighted by molar-refractivity contribution is 5.71. The molecule has 1 aliphatic rings. The van der Waals surface area contributed by atoms with Crippen LogP contribution < -0.4 is 5.32 Å². The molecule has 0 amide bonds. The fraction of sp³-hybridized carbons (Fsp3) is 0.267. The Morgan fingerprint density at radius 2 is 2.00 bits per heavy atom. The number of anilines is 1. The third kappa shape index (κ3) is 2.35. The zero-order valence-corrected chi connectivity index (χ0v) is 10.7. The Balaban J connectivity index is 2.10. The second-order valence-corrected chi connectivity index (χ2v) is 4.82. The molecule has 0 aliphatic carbocycles. The van der Waals surface area contributed by atoms with Crippen LogP contribution in [0.2, 0.25) is 0 Å². The maximum absolute atomic E-state index is 13.0. The Labute approximate surface area is 114 Å². The van der Waals surface area contributed by atoms with E-state index in [-0.39, 0.29) is 5.56 Å². The molecule has 0 fully saturated rings. The van der Waals surface area contributed by atoms with Gasteiger partial charge in [-0.3, -0.25) is 4.98 Å². The smallest absolute Gasteiger partial charge is 0.385 e. The summed E-state index contributed by atoms with van der Waals surface area (Å²) in [6.45, 7) is 0.910. The van der Waals surface area contributed by atoms with Gasteiger partial charge in [0, 0.05) is 30.2 Å². The minimum absolute atomic E-state index is 0.133. The van der Waals surface area contributed by atoms with E-state index in [9.17, 15) is 13.2 Å². The molecule has 104 valence electrons. The van der Waals surface area contributed by atoms with Crippen LogP contribution >= 0.6 is 0 Å².